The lowest BCUT2D eigenvalue weighted by molar-refractivity contribution is -0.136. The summed E-state index contributed by atoms with van der Waals surface area (Å²) in [5.41, 5.74) is 0.433. The summed E-state index contributed by atoms with van der Waals surface area (Å²) in [6.07, 6.45) is 1.12. The molecule has 0 aliphatic rings. The predicted octanol–water partition coefficient (Wildman–Crippen LogP) is 0.447. The molecule has 0 fully saturated rings. The van der Waals surface area contributed by atoms with E-state index >= 15 is 0 Å². The molecule has 0 bridgehead atoms. The topological polar surface area (TPSA) is 101 Å². The molecule has 2 N–H and O–H groups in total. The number of ether oxygens (including phenoxy) is 1. The van der Waals surface area contributed by atoms with Crippen LogP contribution in [0.25, 0.3) is 0 Å². The summed E-state index contributed by atoms with van der Waals surface area (Å²) in [5, 5.41) is 15.6. The fourth-order valence-electron chi connectivity index (χ4n) is 0.317. The van der Waals surface area contributed by atoms with E-state index in [-0.39, 0.29) is 5.97 Å². The van der Waals surface area contributed by atoms with Crippen molar-refractivity contribution in [3.05, 3.63) is 24.3 Å². The summed E-state index contributed by atoms with van der Waals surface area (Å²) < 4.78 is 4.27. The Bertz CT molecular complexity index is 273. The van der Waals surface area contributed by atoms with Crippen molar-refractivity contribution in [3.8, 4) is 0 Å². The molecule has 6 heteroatoms. The first-order valence-corrected chi connectivity index (χ1v) is 3.69. The van der Waals surface area contributed by atoms with Crippen molar-refractivity contribution in [2.24, 2.45) is 0 Å². The number of esters is 1. The summed E-state index contributed by atoms with van der Waals surface area (Å²) in [7, 11) is 1.33. The van der Waals surface area contributed by atoms with Crippen molar-refractivity contribution in [1.82, 2.24) is 0 Å². The number of hydrogen-bond donors (Lipinski definition) is 2. The van der Waals surface area contributed by atoms with Crippen LogP contribution in [0.15, 0.2) is 24.3 Å². The molecule has 0 aromatic rings. The molecule has 0 aliphatic carbocycles. The Morgan fingerprint density at radius 1 is 1.13 bits per heavy atom. The lowest BCUT2D eigenvalue weighted by Gasteiger charge is -1.91. The quantitative estimate of drug-likeness (QED) is 0.524. The molecule has 0 aromatic carbocycles. The summed E-state index contributed by atoms with van der Waals surface area (Å²) in [6.45, 7) is 4.95. The summed E-state index contributed by atoms with van der Waals surface area (Å²) in [4.78, 5) is 29.3. The van der Waals surface area contributed by atoms with E-state index in [4.69, 9.17) is 10.2 Å². The van der Waals surface area contributed by atoms with Gasteiger partial charge in [0, 0.05) is 17.7 Å². The minimum absolute atomic E-state index is 0.347. The van der Waals surface area contributed by atoms with Crippen molar-refractivity contribution in [3.63, 3.8) is 0 Å². The minimum atomic E-state index is -1.26. The van der Waals surface area contributed by atoms with Crippen molar-refractivity contribution < 1.29 is 29.3 Å². The maximum absolute atomic E-state index is 10.2. The van der Waals surface area contributed by atoms with Crippen molar-refractivity contribution in [1.29, 1.82) is 0 Å². The van der Waals surface area contributed by atoms with Gasteiger partial charge in [0.05, 0.1) is 7.11 Å². The van der Waals surface area contributed by atoms with Crippen LogP contribution in [0, 0.1) is 0 Å². The van der Waals surface area contributed by atoms with Crippen LogP contribution in [0.1, 0.15) is 6.92 Å². The fraction of sp³-hybridized carbons (Fsp3) is 0.222. The van der Waals surface area contributed by atoms with Gasteiger partial charge in [0.15, 0.2) is 0 Å². The first-order valence-electron chi connectivity index (χ1n) is 3.69. The monoisotopic (exact) mass is 216 g/mol. The molecule has 6 nitrogen and oxygen atoms in total. The van der Waals surface area contributed by atoms with Gasteiger partial charge in [-0.1, -0.05) is 6.58 Å². The largest absolute Gasteiger partial charge is 0.478 e. The highest BCUT2D eigenvalue weighted by atomic mass is 16.5. The van der Waals surface area contributed by atoms with Crippen molar-refractivity contribution >= 4 is 17.9 Å². The smallest absolute Gasteiger partial charge is 0.332 e. The number of carboxylic acids is 2. The summed E-state index contributed by atoms with van der Waals surface area (Å²) in [6, 6.07) is 0. The number of carboxylic acid groups (broad SMARTS) is 2. The van der Waals surface area contributed by atoms with Crippen LogP contribution in [0.3, 0.4) is 0 Å². The maximum Gasteiger partial charge on any atom is 0.332 e. The van der Waals surface area contributed by atoms with Crippen LogP contribution in [0.5, 0.6) is 0 Å². The van der Waals surface area contributed by atoms with Gasteiger partial charge >= 0.3 is 17.9 Å². The van der Waals surface area contributed by atoms with Gasteiger partial charge in [-0.15, -0.1) is 0 Å². The van der Waals surface area contributed by atoms with E-state index in [2.05, 4.69) is 11.3 Å². The number of rotatable bonds is 3. The molecular weight excluding hydrogens is 204 g/mol. The van der Waals surface area contributed by atoms with Gasteiger partial charge in [-0.25, -0.2) is 14.4 Å². The molecule has 0 saturated carbocycles. The lowest BCUT2D eigenvalue weighted by atomic mass is 10.4. The second kappa shape index (κ2) is 8.49. The summed E-state index contributed by atoms with van der Waals surface area (Å²) >= 11 is 0. The Labute approximate surface area is 86.5 Å². The molecule has 15 heavy (non-hydrogen) atoms. The first-order chi connectivity index (χ1) is 6.81. The van der Waals surface area contributed by atoms with E-state index in [9.17, 15) is 14.4 Å². The van der Waals surface area contributed by atoms with E-state index in [1.807, 2.05) is 0 Å². The Morgan fingerprint density at radius 3 is 1.53 bits per heavy atom. The average molecular weight is 216 g/mol. The third-order valence-corrected chi connectivity index (χ3v) is 0.902. The number of aliphatic carboxylic acids is 2. The predicted molar refractivity (Wildman–Crippen MR) is 51.2 cm³/mol. The molecule has 0 spiro atoms. The number of hydrogen-bond acceptors (Lipinski definition) is 4. The van der Waals surface area contributed by atoms with Crippen LogP contribution in [-0.4, -0.2) is 35.2 Å². The number of carbonyl (C=O) groups excluding carboxylic acids is 1. The second-order valence-electron chi connectivity index (χ2n) is 2.28. The van der Waals surface area contributed by atoms with Crippen LogP contribution in [0.4, 0.5) is 0 Å². The lowest BCUT2D eigenvalue weighted by Crippen LogP contribution is -1.98. The van der Waals surface area contributed by atoms with Crippen molar-refractivity contribution in [2.75, 3.05) is 7.11 Å². The number of methoxy groups -OCH3 is 1. The first kappa shape index (κ1) is 15.4. The van der Waals surface area contributed by atoms with E-state index < -0.39 is 11.9 Å². The normalized spacial score (nSPS) is 8.67. The third kappa shape index (κ3) is 14.7. The van der Waals surface area contributed by atoms with Gasteiger partial charge < -0.3 is 14.9 Å². The molecule has 0 amide bonds. The van der Waals surface area contributed by atoms with Gasteiger partial charge in [0.2, 0.25) is 0 Å². The molecule has 0 aromatic heterocycles. The SMILES string of the molecule is C=C(C)C(=O)OC.O=C(O)C=CC(=O)O. The zero-order valence-electron chi connectivity index (χ0n) is 8.39. The van der Waals surface area contributed by atoms with Gasteiger partial charge in [0.1, 0.15) is 0 Å². The molecule has 0 unspecified atom stereocenters. The highest BCUT2D eigenvalue weighted by Crippen LogP contribution is 1.87. The van der Waals surface area contributed by atoms with Gasteiger partial charge in [0.25, 0.3) is 0 Å². The van der Waals surface area contributed by atoms with E-state index in [0.29, 0.717) is 17.7 Å². The zero-order chi connectivity index (χ0) is 12.4. The molecule has 0 atom stereocenters. The van der Waals surface area contributed by atoms with E-state index in [1.165, 1.54) is 7.11 Å². The Balaban J connectivity index is 0. The second-order valence-corrected chi connectivity index (χ2v) is 2.28. The zero-order valence-corrected chi connectivity index (χ0v) is 8.39. The standard InChI is InChI=1S/C5H8O2.C4H4O4/c1-4(2)5(6)7-3;5-3(6)1-2-4(7)8/h1H2,2-3H3;1-2H,(H,5,6)(H,7,8). The van der Waals surface area contributed by atoms with Gasteiger partial charge in [-0.05, 0) is 6.92 Å². The van der Waals surface area contributed by atoms with Crippen LogP contribution < -0.4 is 0 Å². The maximum atomic E-state index is 10.2. The highest BCUT2D eigenvalue weighted by Gasteiger charge is 1.95. The van der Waals surface area contributed by atoms with Crippen LogP contribution in [0.2, 0.25) is 0 Å². The molecule has 0 heterocycles. The molecule has 0 radical (unpaired) electrons. The molecule has 0 rings (SSSR count). The fourth-order valence-corrected chi connectivity index (χ4v) is 0.317. The molecular formula is C9H12O6. The minimum Gasteiger partial charge on any atom is -0.478 e. The number of carbonyl (C=O) groups is 3. The average Bonchev–Trinajstić information content (AvgIpc) is 2.14. The Hall–Kier alpha value is -2.11. The molecule has 0 aliphatic heterocycles. The van der Waals surface area contributed by atoms with Crippen LogP contribution in [-0.2, 0) is 19.1 Å². The van der Waals surface area contributed by atoms with Gasteiger partial charge in [-0.2, -0.15) is 0 Å². The molecule has 84 valence electrons. The third-order valence-electron chi connectivity index (χ3n) is 0.902. The Kier molecular flexibility index (Phi) is 8.69. The van der Waals surface area contributed by atoms with E-state index in [0.717, 1.165) is 0 Å². The highest BCUT2D eigenvalue weighted by molar-refractivity contribution is 5.89. The summed E-state index contributed by atoms with van der Waals surface area (Å²) in [5.74, 6) is -2.86. The Morgan fingerprint density at radius 2 is 1.47 bits per heavy atom. The van der Waals surface area contributed by atoms with E-state index in [1.54, 1.807) is 6.92 Å². The van der Waals surface area contributed by atoms with Crippen LogP contribution >= 0.6 is 0 Å². The van der Waals surface area contributed by atoms with Crippen molar-refractivity contribution in [2.45, 2.75) is 6.92 Å². The van der Waals surface area contributed by atoms with Gasteiger partial charge in [-0.3, -0.25) is 0 Å². The molecule has 0 saturated heterocycles.